The van der Waals surface area contributed by atoms with Gasteiger partial charge in [-0.3, -0.25) is 4.79 Å². The molecule has 2 N–H and O–H groups in total. The Bertz CT molecular complexity index is 958. The molecular formula is C19H19N3O3S2. The summed E-state index contributed by atoms with van der Waals surface area (Å²) in [4.78, 5) is 33.7. The lowest BCUT2D eigenvalue weighted by Crippen LogP contribution is -2.45. The number of carboxylic acids is 1. The number of rotatable bonds is 7. The van der Waals surface area contributed by atoms with E-state index in [0.717, 1.165) is 15.8 Å². The Morgan fingerprint density at radius 2 is 1.96 bits per heavy atom. The van der Waals surface area contributed by atoms with E-state index in [1.807, 2.05) is 41.8 Å². The Balaban J connectivity index is 1.82. The number of thiophene rings is 1. The minimum atomic E-state index is -1.03. The number of nitrogens with zero attached hydrogens (tertiary/aromatic N) is 2. The van der Waals surface area contributed by atoms with Crippen molar-refractivity contribution >= 4 is 45.9 Å². The monoisotopic (exact) mass is 401 g/mol. The van der Waals surface area contributed by atoms with E-state index >= 15 is 0 Å². The number of fused-ring (bicyclic) bond motifs is 1. The van der Waals surface area contributed by atoms with Crippen LogP contribution in [0.3, 0.4) is 0 Å². The van der Waals surface area contributed by atoms with Crippen LogP contribution in [0.15, 0.2) is 46.8 Å². The number of benzene rings is 1. The van der Waals surface area contributed by atoms with Crippen molar-refractivity contribution < 1.29 is 14.7 Å². The maximum Gasteiger partial charge on any atom is 0.326 e. The molecule has 1 amide bonds. The highest BCUT2D eigenvalue weighted by Crippen LogP contribution is 2.29. The van der Waals surface area contributed by atoms with Crippen molar-refractivity contribution in [3.63, 3.8) is 0 Å². The molecule has 6 nitrogen and oxygen atoms in total. The zero-order valence-corrected chi connectivity index (χ0v) is 16.5. The molecule has 0 saturated carbocycles. The minimum Gasteiger partial charge on any atom is -0.480 e. The molecule has 2 aromatic heterocycles. The Morgan fingerprint density at radius 1 is 1.19 bits per heavy atom. The van der Waals surface area contributed by atoms with Gasteiger partial charge in [-0.25, -0.2) is 14.8 Å². The fraction of sp³-hybridized carbons (Fsp3) is 0.263. The van der Waals surface area contributed by atoms with Crippen LogP contribution in [-0.4, -0.2) is 38.7 Å². The number of nitrogens with one attached hydrogen (secondary N) is 1. The van der Waals surface area contributed by atoms with Gasteiger partial charge in [0.05, 0.1) is 16.1 Å². The molecule has 1 aromatic carbocycles. The Kier molecular flexibility index (Phi) is 6.08. The van der Waals surface area contributed by atoms with Crippen LogP contribution in [0, 0.1) is 5.92 Å². The standard InChI is InChI=1S/C19H19N3O3S2/c1-11(2)16(19(24)25)21-15(23)10-27-18-12-6-3-4-7-13(12)20-17(22-18)14-8-5-9-26-14/h3-9,11,16H,10H2,1-2H3,(H,21,23)(H,24,25)/t16-/m1/s1. The number of aromatic nitrogens is 2. The lowest BCUT2D eigenvalue weighted by atomic mass is 10.1. The van der Waals surface area contributed by atoms with E-state index in [9.17, 15) is 14.7 Å². The third-order valence-corrected chi connectivity index (χ3v) is 5.76. The van der Waals surface area contributed by atoms with Crippen LogP contribution in [0.4, 0.5) is 0 Å². The number of carboxylic acid groups (broad SMARTS) is 1. The predicted octanol–water partition coefficient (Wildman–Crippen LogP) is 3.68. The van der Waals surface area contributed by atoms with Gasteiger partial charge in [-0.1, -0.05) is 49.9 Å². The fourth-order valence-corrected chi connectivity index (χ4v) is 4.02. The number of hydrogen-bond donors (Lipinski definition) is 2. The van der Waals surface area contributed by atoms with Crippen LogP contribution < -0.4 is 5.32 Å². The summed E-state index contributed by atoms with van der Waals surface area (Å²) in [6, 6.07) is 10.6. The van der Waals surface area contributed by atoms with Crippen LogP contribution >= 0.6 is 23.1 Å². The molecule has 8 heteroatoms. The molecule has 0 spiro atoms. The molecule has 0 unspecified atom stereocenters. The second-order valence-corrected chi connectivity index (χ2v) is 8.17. The Labute approximate surface area is 165 Å². The summed E-state index contributed by atoms with van der Waals surface area (Å²) in [5, 5.41) is 15.3. The van der Waals surface area contributed by atoms with Crippen molar-refractivity contribution in [2.45, 2.75) is 24.9 Å². The molecule has 0 fully saturated rings. The molecule has 3 rings (SSSR count). The normalized spacial score (nSPS) is 12.3. The first-order chi connectivity index (χ1) is 13.0. The van der Waals surface area contributed by atoms with Crippen LogP contribution in [0.25, 0.3) is 21.6 Å². The first-order valence-corrected chi connectivity index (χ1v) is 10.3. The Morgan fingerprint density at radius 3 is 2.63 bits per heavy atom. The lowest BCUT2D eigenvalue weighted by Gasteiger charge is -2.17. The topological polar surface area (TPSA) is 92.2 Å². The summed E-state index contributed by atoms with van der Waals surface area (Å²) in [5.41, 5.74) is 0.810. The number of para-hydroxylation sites is 1. The van der Waals surface area contributed by atoms with Crippen molar-refractivity contribution in [2.24, 2.45) is 5.92 Å². The molecule has 140 valence electrons. The van der Waals surface area contributed by atoms with Gasteiger partial charge in [-0.05, 0) is 23.4 Å². The van der Waals surface area contributed by atoms with Gasteiger partial charge in [0.2, 0.25) is 5.91 Å². The number of aliphatic carboxylic acids is 1. The van der Waals surface area contributed by atoms with Gasteiger partial charge in [-0.2, -0.15) is 0 Å². The van der Waals surface area contributed by atoms with Crippen molar-refractivity contribution in [3.8, 4) is 10.7 Å². The number of hydrogen-bond acceptors (Lipinski definition) is 6. The van der Waals surface area contributed by atoms with E-state index in [-0.39, 0.29) is 17.6 Å². The maximum atomic E-state index is 12.2. The SMILES string of the molecule is CC(C)[C@@H](NC(=O)CSc1nc(-c2cccs2)nc2ccccc12)C(=O)O. The third kappa shape index (κ3) is 4.64. The summed E-state index contributed by atoms with van der Waals surface area (Å²) in [6.07, 6.45) is 0. The van der Waals surface area contributed by atoms with E-state index in [0.29, 0.717) is 10.9 Å². The van der Waals surface area contributed by atoms with Gasteiger partial charge in [0.15, 0.2) is 5.82 Å². The minimum absolute atomic E-state index is 0.0847. The summed E-state index contributed by atoms with van der Waals surface area (Å²) in [7, 11) is 0. The number of thioether (sulfide) groups is 1. The highest BCUT2D eigenvalue weighted by atomic mass is 32.2. The molecule has 0 radical (unpaired) electrons. The van der Waals surface area contributed by atoms with E-state index in [4.69, 9.17) is 0 Å². The first kappa shape index (κ1) is 19.3. The molecular weight excluding hydrogens is 382 g/mol. The summed E-state index contributed by atoms with van der Waals surface area (Å²) in [5.74, 6) is -0.849. The summed E-state index contributed by atoms with van der Waals surface area (Å²) >= 11 is 2.84. The molecule has 0 saturated heterocycles. The fourth-order valence-electron chi connectivity index (χ4n) is 2.54. The molecule has 2 heterocycles. The number of amides is 1. The second-order valence-electron chi connectivity index (χ2n) is 6.26. The van der Waals surface area contributed by atoms with Gasteiger partial charge in [0.25, 0.3) is 0 Å². The van der Waals surface area contributed by atoms with Gasteiger partial charge in [0, 0.05) is 5.39 Å². The second kappa shape index (κ2) is 8.49. The van der Waals surface area contributed by atoms with Gasteiger partial charge in [-0.15, -0.1) is 11.3 Å². The Hall–Kier alpha value is -2.45. The van der Waals surface area contributed by atoms with E-state index in [1.54, 1.807) is 25.2 Å². The number of carbonyl (C=O) groups excluding carboxylic acids is 1. The lowest BCUT2D eigenvalue weighted by molar-refractivity contribution is -0.142. The largest absolute Gasteiger partial charge is 0.480 e. The first-order valence-electron chi connectivity index (χ1n) is 8.41. The zero-order chi connectivity index (χ0) is 19.4. The van der Waals surface area contributed by atoms with E-state index < -0.39 is 12.0 Å². The van der Waals surface area contributed by atoms with Crippen molar-refractivity contribution in [1.29, 1.82) is 0 Å². The maximum absolute atomic E-state index is 12.2. The average Bonchev–Trinajstić information content (AvgIpc) is 3.18. The zero-order valence-electron chi connectivity index (χ0n) is 14.9. The van der Waals surface area contributed by atoms with Crippen LogP contribution in [0.2, 0.25) is 0 Å². The average molecular weight is 402 g/mol. The van der Waals surface area contributed by atoms with Crippen molar-refractivity contribution in [3.05, 3.63) is 41.8 Å². The highest BCUT2D eigenvalue weighted by molar-refractivity contribution is 8.00. The van der Waals surface area contributed by atoms with Crippen molar-refractivity contribution in [2.75, 3.05) is 5.75 Å². The molecule has 1 atom stereocenters. The summed E-state index contributed by atoms with van der Waals surface area (Å²) < 4.78 is 0. The number of carbonyl (C=O) groups is 2. The molecule has 3 aromatic rings. The van der Waals surface area contributed by atoms with Gasteiger partial charge in [0.1, 0.15) is 11.1 Å². The third-order valence-electron chi connectivity index (χ3n) is 3.90. The van der Waals surface area contributed by atoms with Crippen LogP contribution in [0.5, 0.6) is 0 Å². The van der Waals surface area contributed by atoms with Gasteiger partial charge < -0.3 is 10.4 Å². The van der Waals surface area contributed by atoms with E-state index in [2.05, 4.69) is 15.3 Å². The molecule has 0 bridgehead atoms. The van der Waals surface area contributed by atoms with E-state index in [1.165, 1.54) is 11.8 Å². The molecule has 0 aliphatic rings. The smallest absolute Gasteiger partial charge is 0.326 e. The molecule has 0 aliphatic carbocycles. The summed E-state index contributed by atoms with van der Waals surface area (Å²) in [6.45, 7) is 3.52. The predicted molar refractivity (Wildman–Crippen MR) is 108 cm³/mol. The van der Waals surface area contributed by atoms with Crippen LogP contribution in [0.1, 0.15) is 13.8 Å². The van der Waals surface area contributed by atoms with Gasteiger partial charge >= 0.3 is 5.97 Å². The quantitative estimate of drug-likeness (QED) is 0.463. The molecule has 0 aliphatic heterocycles. The highest BCUT2D eigenvalue weighted by Gasteiger charge is 2.23. The van der Waals surface area contributed by atoms with Crippen molar-refractivity contribution in [1.82, 2.24) is 15.3 Å². The van der Waals surface area contributed by atoms with Crippen LogP contribution in [-0.2, 0) is 9.59 Å². The molecule has 27 heavy (non-hydrogen) atoms.